The molecule has 12 heteroatoms. The molecule has 0 bridgehead atoms. The first-order valence-corrected chi connectivity index (χ1v) is 11.7. The fourth-order valence-corrected chi connectivity index (χ4v) is 4.82. The average Bonchev–Trinajstić information content (AvgIpc) is 3.63. The van der Waals surface area contributed by atoms with Crippen LogP contribution in [0.15, 0.2) is 59.4 Å². The van der Waals surface area contributed by atoms with Gasteiger partial charge in [-0.25, -0.2) is 4.98 Å². The first kappa shape index (κ1) is 22.6. The van der Waals surface area contributed by atoms with Crippen LogP contribution in [0.1, 0.15) is 29.8 Å². The van der Waals surface area contributed by atoms with E-state index in [-0.39, 0.29) is 17.1 Å². The zero-order chi connectivity index (χ0) is 25.7. The van der Waals surface area contributed by atoms with E-state index in [1.807, 2.05) is 12.1 Å². The lowest BCUT2D eigenvalue weighted by molar-refractivity contribution is 0.548. The molecule has 0 amide bonds. The highest BCUT2D eigenvalue weighted by Gasteiger charge is 2.29. The number of anilines is 1. The number of rotatable bonds is 4. The van der Waals surface area contributed by atoms with Crippen LogP contribution >= 0.6 is 11.6 Å². The fourth-order valence-electron chi connectivity index (χ4n) is 4.65. The third-order valence-corrected chi connectivity index (χ3v) is 6.56. The van der Waals surface area contributed by atoms with Gasteiger partial charge in [0.25, 0.3) is 11.4 Å². The van der Waals surface area contributed by atoms with Crippen LogP contribution in [-0.4, -0.2) is 34.7 Å². The van der Waals surface area contributed by atoms with E-state index >= 15 is 0 Å². The molecule has 4 heterocycles. The van der Waals surface area contributed by atoms with E-state index < -0.39 is 12.0 Å². The molecule has 0 unspecified atom stereocenters. The smallest absolute Gasteiger partial charge is 0.274 e. The van der Waals surface area contributed by atoms with Crippen molar-refractivity contribution in [1.82, 2.24) is 34.7 Å². The lowest BCUT2D eigenvalue weighted by Gasteiger charge is -2.14. The Bertz CT molecular complexity index is 1760. The van der Waals surface area contributed by atoms with Crippen LogP contribution in [0.4, 0.5) is 10.1 Å². The largest absolute Gasteiger partial charge is 0.399 e. The number of benzene rings is 2. The highest BCUT2D eigenvalue weighted by molar-refractivity contribution is 6.31. The number of hydrogen-bond acceptors (Lipinski definition) is 7. The highest BCUT2D eigenvalue weighted by atomic mass is 35.5. The number of nitriles is 1. The highest BCUT2D eigenvalue weighted by Crippen LogP contribution is 2.35. The van der Waals surface area contributed by atoms with Gasteiger partial charge in [0, 0.05) is 33.6 Å². The summed E-state index contributed by atoms with van der Waals surface area (Å²) in [5.41, 5.74) is 9.40. The second-order valence-corrected chi connectivity index (χ2v) is 9.02. The molecule has 0 fully saturated rings. The lowest BCUT2D eigenvalue weighted by Crippen LogP contribution is -2.24. The molecule has 2 aromatic carbocycles. The van der Waals surface area contributed by atoms with Crippen molar-refractivity contribution in [2.75, 3.05) is 5.73 Å². The Hall–Kier alpha value is -4.82. The van der Waals surface area contributed by atoms with Gasteiger partial charge < -0.3 is 15.3 Å². The van der Waals surface area contributed by atoms with Crippen LogP contribution in [0, 0.1) is 17.3 Å². The molecule has 0 spiro atoms. The van der Waals surface area contributed by atoms with Crippen molar-refractivity contribution in [1.29, 1.82) is 5.26 Å². The molecule has 0 saturated carbocycles. The first-order chi connectivity index (χ1) is 17.9. The maximum Gasteiger partial charge on any atom is 0.274 e. The quantitative estimate of drug-likeness (QED) is 0.349. The monoisotopic (exact) mass is 513 g/mol. The molecule has 6 rings (SSSR count). The van der Waals surface area contributed by atoms with Gasteiger partial charge >= 0.3 is 0 Å². The molecular formula is C25H17ClFN9O. The van der Waals surface area contributed by atoms with E-state index in [0.29, 0.717) is 51.8 Å². The van der Waals surface area contributed by atoms with E-state index in [4.69, 9.17) is 22.6 Å². The summed E-state index contributed by atoms with van der Waals surface area (Å²) < 4.78 is 16.4. The second-order valence-electron chi connectivity index (χ2n) is 8.58. The lowest BCUT2D eigenvalue weighted by atomic mass is 10.0. The maximum absolute atomic E-state index is 14.8. The predicted octanol–water partition coefficient (Wildman–Crippen LogP) is 3.66. The van der Waals surface area contributed by atoms with Crippen LogP contribution in [0.25, 0.3) is 28.1 Å². The Morgan fingerprint density at radius 2 is 1.95 bits per heavy atom. The summed E-state index contributed by atoms with van der Waals surface area (Å²) in [5.74, 6) is -0.350. The Kier molecular flexibility index (Phi) is 5.31. The number of hydrogen-bond donors (Lipinski definition) is 2. The number of pyridine rings is 1. The van der Waals surface area contributed by atoms with Crippen LogP contribution in [0.3, 0.4) is 0 Å². The number of halogens is 2. The predicted molar refractivity (Wildman–Crippen MR) is 133 cm³/mol. The summed E-state index contributed by atoms with van der Waals surface area (Å²) in [6, 6.07) is 16.6. The zero-order valence-corrected chi connectivity index (χ0v) is 19.8. The van der Waals surface area contributed by atoms with E-state index in [2.05, 4.69) is 25.4 Å². The topological polar surface area (TPSA) is 144 Å². The summed E-state index contributed by atoms with van der Waals surface area (Å²) >= 11 is 6.27. The Balaban J connectivity index is 1.40. The summed E-state index contributed by atoms with van der Waals surface area (Å²) in [7, 11) is 0. The first-order valence-electron chi connectivity index (χ1n) is 11.3. The SMILES string of the molecule is N#Cc1nnn(-c2ccc(Cl)cc2-c2cc3n(c(=O)c2)[C@H](c2nc(F)c(-c4ccc(N)cc4)[nH]2)CC3)n1. The van der Waals surface area contributed by atoms with Crippen molar-refractivity contribution in [3.8, 4) is 34.1 Å². The molecule has 1 aliphatic rings. The molecule has 37 heavy (non-hydrogen) atoms. The fraction of sp³-hybridized carbons (Fsp3) is 0.120. The van der Waals surface area contributed by atoms with Crippen LogP contribution in [-0.2, 0) is 6.42 Å². The van der Waals surface area contributed by atoms with E-state index in [1.165, 1.54) is 10.9 Å². The number of nitrogen functional groups attached to an aromatic ring is 1. The Morgan fingerprint density at radius 3 is 2.70 bits per heavy atom. The summed E-state index contributed by atoms with van der Waals surface area (Å²) in [6.45, 7) is 0. The molecule has 0 radical (unpaired) electrons. The van der Waals surface area contributed by atoms with Gasteiger partial charge in [-0.05, 0) is 60.0 Å². The van der Waals surface area contributed by atoms with Crippen molar-refractivity contribution < 1.29 is 4.39 Å². The van der Waals surface area contributed by atoms with Crippen LogP contribution in [0.5, 0.6) is 0 Å². The summed E-state index contributed by atoms with van der Waals surface area (Å²) in [4.78, 5) is 21.7. The van der Waals surface area contributed by atoms with Gasteiger partial charge in [0.2, 0.25) is 5.95 Å². The van der Waals surface area contributed by atoms with Gasteiger partial charge in [0.1, 0.15) is 17.6 Å². The van der Waals surface area contributed by atoms with Gasteiger partial charge in [-0.3, -0.25) is 4.79 Å². The minimum Gasteiger partial charge on any atom is -0.399 e. The van der Waals surface area contributed by atoms with Crippen molar-refractivity contribution in [3.63, 3.8) is 0 Å². The minimum atomic E-state index is -0.640. The summed E-state index contributed by atoms with van der Waals surface area (Å²) in [5, 5.41) is 21.2. The number of tetrazole rings is 1. The van der Waals surface area contributed by atoms with Crippen molar-refractivity contribution in [3.05, 3.63) is 93.3 Å². The normalized spacial score (nSPS) is 14.5. The molecule has 0 aliphatic carbocycles. The van der Waals surface area contributed by atoms with E-state index in [1.54, 1.807) is 47.0 Å². The molecular weight excluding hydrogens is 497 g/mol. The zero-order valence-electron chi connectivity index (χ0n) is 19.1. The van der Waals surface area contributed by atoms with Gasteiger partial charge in [-0.1, -0.05) is 28.8 Å². The number of aryl methyl sites for hydroxylation is 1. The maximum atomic E-state index is 14.8. The number of aromatic nitrogens is 7. The van der Waals surface area contributed by atoms with E-state index in [9.17, 15) is 9.18 Å². The Labute approximate surface area is 213 Å². The number of nitrogens with two attached hydrogens (primary N) is 1. The molecule has 182 valence electrons. The Morgan fingerprint density at radius 1 is 1.14 bits per heavy atom. The molecule has 10 nitrogen and oxygen atoms in total. The third-order valence-electron chi connectivity index (χ3n) is 6.33. The number of imidazole rings is 1. The molecule has 0 saturated heterocycles. The standard InChI is InChI=1S/C25H17ClFN9O/c26-15-3-7-19(36-33-21(12-28)32-34-36)18(11-15)14-9-17-6-8-20(35(17)22(37)10-14)25-30-23(24(27)31-25)13-1-4-16(29)5-2-13/h1-5,7,9-11,20H,6,8,29H2,(H,30,31)/t20-/m0/s1. The molecule has 5 aromatic rings. The van der Waals surface area contributed by atoms with E-state index in [0.717, 1.165) is 5.69 Å². The van der Waals surface area contributed by atoms with Gasteiger partial charge in [0.15, 0.2) is 0 Å². The van der Waals surface area contributed by atoms with Crippen molar-refractivity contribution >= 4 is 17.3 Å². The minimum absolute atomic E-state index is 0.0817. The molecule has 3 N–H and O–H groups in total. The molecule has 1 aliphatic heterocycles. The molecule has 1 atom stereocenters. The van der Waals surface area contributed by atoms with Crippen molar-refractivity contribution in [2.45, 2.75) is 18.9 Å². The van der Waals surface area contributed by atoms with Gasteiger partial charge in [-0.15, -0.1) is 9.90 Å². The number of H-pyrrole nitrogens is 1. The second kappa shape index (κ2) is 8.69. The number of aromatic amines is 1. The third kappa shape index (κ3) is 3.93. The summed E-state index contributed by atoms with van der Waals surface area (Å²) in [6.07, 6.45) is 1.16. The molecule has 3 aromatic heterocycles. The number of nitrogens with zero attached hydrogens (tertiary/aromatic N) is 7. The average molecular weight is 514 g/mol. The van der Waals surface area contributed by atoms with Gasteiger partial charge in [0.05, 0.1) is 11.7 Å². The number of fused-ring (bicyclic) bond motifs is 1. The van der Waals surface area contributed by atoms with Gasteiger partial charge in [-0.2, -0.15) is 9.65 Å². The van der Waals surface area contributed by atoms with Crippen LogP contribution in [0.2, 0.25) is 5.02 Å². The van der Waals surface area contributed by atoms with Crippen LogP contribution < -0.4 is 11.3 Å². The van der Waals surface area contributed by atoms with Crippen molar-refractivity contribution in [2.24, 2.45) is 0 Å². The number of nitrogens with one attached hydrogen (secondary N) is 1.